The van der Waals surface area contributed by atoms with Crippen molar-refractivity contribution in [1.29, 1.82) is 0 Å². The number of alkyl halides is 3. The van der Waals surface area contributed by atoms with E-state index >= 15 is 0 Å². The summed E-state index contributed by atoms with van der Waals surface area (Å²) in [4.78, 5) is 36.6. The number of amides is 1. The fourth-order valence-corrected chi connectivity index (χ4v) is 6.67. The number of carboxylic acids is 1. The summed E-state index contributed by atoms with van der Waals surface area (Å²) in [5.74, 6) is -2.51. The van der Waals surface area contributed by atoms with Crippen molar-refractivity contribution in [1.82, 2.24) is 15.0 Å². The molecule has 1 aliphatic heterocycles. The van der Waals surface area contributed by atoms with Gasteiger partial charge in [-0.1, -0.05) is 12.1 Å². The summed E-state index contributed by atoms with van der Waals surface area (Å²) in [6.07, 6.45) is -3.09. The first-order valence-electron chi connectivity index (χ1n) is 11.5. The number of aliphatic carboxylic acids is 1. The largest absolute Gasteiger partial charge is 0.497 e. The molecule has 4 N–H and O–H groups in total. The van der Waals surface area contributed by atoms with Gasteiger partial charge in [-0.05, 0) is 58.5 Å². The predicted molar refractivity (Wildman–Crippen MR) is 141 cm³/mol. The molecule has 0 bridgehead atoms. The Bertz CT molecular complexity index is 1770. The molecule has 4 aromatic rings. The number of fused-ring (bicyclic) bond motifs is 2. The molecule has 15 heteroatoms. The second kappa shape index (κ2) is 10.9. The SMILES string of the molecule is COc1ccc2ccc(S(=O)(=O)N[C@@]3(Cc4csc5c(=O)[nH]ccc45)CCNC3=O)cc2c1.O=C(O)C(F)(F)F. The molecule has 1 aliphatic rings. The molecular weight excluding hydrogens is 575 g/mol. The van der Waals surface area contributed by atoms with Crippen LogP contribution >= 0.6 is 11.3 Å². The number of rotatable bonds is 6. The van der Waals surface area contributed by atoms with Crippen molar-refractivity contribution in [3.05, 3.63) is 70.0 Å². The molecule has 0 unspecified atom stereocenters. The molecule has 1 saturated heterocycles. The Labute approximate surface area is 228 Å². The van der Waals surface area contributed by atoms with Crippen molar-refractivity contribution in [2.24, 2.45) is 0 Å². The van der Waals surface area contributed by atoms with Crippen LogP contribution in [0.2, 0.25) is 0 Å². The monoisotopic (exact) mass is 597 g/mol. The molecule has 40 heavy (non-hydrogen) atoms. The number of ether oxygens (including phenoxy) is 1. The van der Waals surface area contributed by atoms with Crippen LogP contribution in [0.1, 0.15) is 12.0 Å². The quantitative estimate of drug-likeness (QED) is 0.266. The Kier molecular flexibility index (Phi) is 7.92. The number of H-pyrrole nitrogens is 1. The Morgan fingerprint density at radius 3 is 2.48 bits per heavy atom. The molecule has 0 saturated carbocycles. The van der Waals surface area contributed by atoms with E-state index in [1.54, 1.807) is 37.6 Å². The molecule has 212 valence electrons. The number of sulfonamides is 1. The molecule has 0 spiro atoms. The number of methoxy groups -OCH3 is 1. The van der Waals surface area contributed by atoms with Crippen molar-refractivity contribution in [3.8, 4) is 5.75 Å². The van der Waals surface area contributed by atoms with Crippen molar-refractivity contribution in [3.63, 3.8) is 0 Å². The van der Waals surface area contributed by atoms with Gasteiger partial charge in [-0.25, -0.2) is 13.2 Å². The first-order valence-corrected chi connectivity index (χ1v) is 13.9. The maximum Gasteiger partial charge on any atom is 0.490 e. The standard InChI is InChI=1S/C23H21N3O5S2.C2HF3O2/c1-31-17-4-2-14-3-5-18(11-15(14)10-17)33(29,30)26-23(7-9-25-22(23)28)12-16-13-32-20-19(16)6-8-24-21(20)27;3-2(4,5)1(6)7/h2-6,8,10-11,13,26H,7,9,12H2,1H3,(H,24,27)(H,25,28);(H,6,7)/t23-;/m1./s1. The first-order chi connectivity index (χ1) is 18.8. The molecule has 3 heterocycles. The minimum Gasteiger partial charge on any atom is -0.497 e. The third-order valence-electron chi connectivity index (χ3n) is 6.25. The summed E-state index contributed by atoms with van der Waals surface area (Å²) in [7, 11) is -2.48. The van der Waals surface area contributed by atoms with Crippen LogP contribution < -0.4 is 20.3 Å². The summed E-state index contributed by atoms with van der Waals surface area (Å²) >= 11 is 1.28. The molecule has 1 amide bonds. The van der Waals surface area contributed by atoms with Crippen LogP contribution in [0, 0.1) is 0 Å². The fourth-order valence-electron chi connectivity index (χ4n) is 4.28. The number of nitrogens with one attached hydrogen (secondary N) is 3. The third-order valence-corrected chi connectivity index (χ3v) is 8.82. The normalized spacial score (nSPS) is 17.4. The number of hydrogen-bond donors (Lipinski definition) is 4. The van der Waals surface area contributed by atoms with E-state index < -0.39 is 27.7 Å². The number of carbonyl (C=O) groups is 2. The minimum absolute atomic E-state index is 0.0638. The van der Waals surface area contributed by atoms with Crippen molar-refractivity contribution in [2.75, 3.05) is 13.7 Å². The van der Waals surface area contributed by atoms with E-state index in [0.717, 1.165) is 16.3 Å². The molecule has 0 radical (unpaired) electrons. The zero-order chi connectivity index (χ0) is 29.3. The third kappa shape index (κ3) is 5.95. The van der Waals surface area contributed by atoms with Gasteiger partial charge < -0.3 is 20.1 Å². The molecule has 0 aliphatic carbocycles. The molecule has 5 rings (SSSR count). The number of hydrogen-bond acceptors (Lipinski definition) is 7. The highest BCUT2D eigenvalue weighted by molar-refractivity contribution is 7.89. The van der Waals surface area contributed by atoms with E-state index in [0.29, 0.717) is 28.8 Å². The first kappa shape index (κ1) is 29.0. The van der Waals surface area contributed by atoms with Crippen molar-refractivity contribution >= 4 is 54.1 Å². The highest BCUT2D eigenvalue weighted by Gasteiger charge is 2.46. The van der Waals surface area contributed by atoms with Gasteiger partial charge in [0.15, 0.2) is 0 Å². The van der Waals surface area contributed by atoms with E-state index in [9.17, 15) is 31.2 Å². The van der Waals surface area contributed by atoms with Crippen LogP contribution in [0.25, 0.3) is 20.9 Å². The zero-order valence-corrected chi connectivity index (χ0v) is 22.3. The number of aromatic amines is 1. The smallest absolute Gasteiger partial charge is 0.490 e. The Hall–Kier alpha value is -3.95. The van der Waals surface area contributed by atoms with Gasteiger partial charge in [-0.2, -0.15) is 17.9 Å². The van der Waals surface area contributed by atoms with Gasteiger partial charge in [-0.3, -0.25) is 9.59 Å². The Balaban J connectivity index is 0.000000470. The Morgan fingerprint density at radius 1 is 1.15 bits per heavy atom. The maximum atomic E-state index is 13.4. The van der Waals surface area contributed by atoms with Crippen molar-refractivity contribution in [2.45, 2.75) is 29.5 Å². The lowest BCUT2D eigenvalue weighted by Gasteiger charge is -2.27. The summed E-state index contributed by atoms with van der Waals surface area (Å²) in [6, 6.07) is 12.0. The molecule has 10 nitrogen and oxygen atoms in total. The van der Waals surface area contributed by atoms with Gasteiger partial charge in [-0.15, -0.1) is 11.3 Å². The number of carboxylic acid groups (broad SMARTS) is 1. The number of pyridine rings is 1. The topological polar surface area (TPSA) is 155 Å². The van der Waals surface area contributed by atoms with Crippen LogP contribution in [0.5, 0.6) is 5.75 Å². The molecule has 1 fully saturated rings. The minimum atomic E-state index is -5.08. The van der Waals surface area contributed by atoms with E-state index in [4.69, 9.17) is 14.6 Å². The summed E-state index contributed by atoms with van der Waals surface area (Å²) in [6.45, 7) is 0.360. The van der Waals surface area contributed by atoms with Crippen LogP contribution in [0.4, 0.5) is 13.2 Å². The molecule has 2 aromatic carbocycles. The molecule has 2 aromatic heterocycles. The number of halogens is 3. The maximum absolute atomic E-state index is 13.4. The summed E-state index contributed by atoms with van der Waals surface area (Å²) in [5.41, 5.74) is -0.802. The van der Waals surface area contributed by atoms with Gasteiger partial charge in [0, 0.05) is 24.5 Å². The van der Waals surface area contributed by atoms with Gasteiger partial charge in [0.05, 0.1) is 16.7 Å². The lowest BCUT2D eigenvalue weighted by molar-refractivity contribution is -0.192. The van der Waals surface area contributed by atoms with Gasteiger partial charge in [0.25, 0.3) is 5.56 Å². The highest BCUT2D eigenvalue weighted by Crippen LogP contribution is 2.31. The van der Waals surface area contributed by atoms with E-state index in [2.05, 4.69) is 15.0 Å². The lowest BCUT2D eigenvalue weighted by atomic mass is 9.90. The number of thiophene rings is 1. The van der Waals surface area contributed by atoms with E-state index in [1.807, 2.05) is 17.5 Å². The Morgan fingerprint density at radius 2 is 1.85 bits per heavy atom. The van der Waals surface area contributed by atoms with Gasteiger partial charge >= 0.3 is 12.1 Å². The lowest BCUT2D eigenvalue weighted by Crippen LogP contribution is -2.55. The fraction of sp³-hybridized carbons (Fsp3) is 0.240. The van der Waals surface area contributed by atoms with Gasteiger partial charge in [0.2, 0.25) is 15.9 Å². The second-order valence-electron chi connectivity index (χ2n) is 8.86. The number of carbonyl (C=O) groups excluding carboxylic acids is 1. The van der Waals surface area contributed by atoms with Crippen LogP contribution in [0.15, 0.2) is 63.7 Å². The van der Waals surface area contributed by atoms with Gasteiger partial charge in [0.1, 0.15) is 11.3 Å². The van der Waals surface area contributed by atoms with E-state index in [-0.39, 0.29) is 22.8 Å². The second-order valence-corrected chi connectivity index (χ2v) is 11.4. The van der Waals surface area contributed by atoms with Crippen LogP contribution in [-0.2, 0) is 26.0 Å². The predicted octanol–water partition coefficient (Wildman–Crippen LogP) is 3.16. The van der Waals surface area contributed by atoms with Crippen molar-refractivity contribution < 1.29 is 41.0 Å². The molecular formula is C25H22F3N3O7S2. The number of benzene rings is 2. The zero-order valence-electron chi connectivity index (χ0n) is 20.7. The number of aromatic nitrogens is 1. The summed E-state index contributed by atoms with van der Waals surface area (Å²) < 4.78 is 67.0. The van der Waals surface area contributed by atoms with Crippen LogP contribution in [-0.4, -0.2) is 55.8 Å². The van der Waals surface area contributed by atoms with Crippen LogP contribution in [0.3, 0.4) is 0 Å². The average Bonchev–Trinajstić information content (AvgIpc) is 3.46. The average molecular weight is 598 g/mol. The molecule has 1 atom stereocenters. The highest BCUT2D eigenvalue weighted by atomic mass is 32.2. The summed E-state index contributed by atoms with van der Waals surface area (Å²) in [5, 5.41) is 14.0. The van der Waals surface area contributed by atoms with E-state index in [1.165, 1.54) is 17.4 Å².